The van der Waals surface area contributed by atoms with Crippen molar-refractivity contribution in [1.82, 2.24) is 9.55 Å². The number of pyridine rings is 1. The standard InChI is InChI=1S/C47H33N3S/c1-3-4-18-42(48-2)36-15-7-5-13-34(36)31-21-24-44-39(28-31)40-29-32(35-14-6-8-16-37(35)43-19-11-12-27-49-43)22-25-45(40)50(44)33-23-26-47-41(30-33)38-17-9-10-20-46(38)51-47/h3-30H,1H2,2H3/b18-4-,48-42+. The zero-order valence-corrected chi connectivity index (χ0v) is 28.9. The normalized spacial score (nSPS) is 12.1. The zero-order chi connectivity index (χ0) is 34.3. The molecular formula is C47H33N3S. The maximum atomic E-state index is 4.70. The Kier molecular flexibility index (Phi) is 7.72. The second-order valence-corrected chi connectivity index (χ2v) is 13.7. The lowest BCUT2D eigenvalue weighted by Gasteiger charge is -2.11. The number of benzene rings is 6. The smallest absolute Gasteiger partial charge is 0.0708 e. The third kappa shape index (κ3) is 5.29. The first-order valence-corrected chi connectivity index (χ1v) is 17.9. The summed E-state index contributed by atoms with van der Waals surface area (Å²) in [5.41, 5.74) is 12.1. The van der Waals surface area contributed by atoms with Crippen LogP contribution in [0, 0.1) is 0 Å². The van der Waals surface area contributed by atoms with Gasteiger partial charge < -0.3 is 4.57 Å². The molecule has 0 saturated carbocycles. The van der Waals surface area contributed by atoms with Gasteiger partial charge in [-0.3, -0.25) is 9.98 Å². The SMILES string of the molecule is C=C/C=C\C(=N/C)c1ccccc1-c1ccc2c(c1)c1cc(-c3ccccc3-c3ccccn3)ccc1n2-c1ccc2sc3ccccc3c2c1. The molecule has 0 saturated heterocycles. The summed E-state index contributed by atoms with van der Waals surface area (Å²) in [7, 11) is 1.84. The maximum absolute atomic E-state index is 4.70. The third-order valence-corrected chi connectivity index (χ3v) is 10.9. The average Bonchev–Trinajstić information content (AvgIpc) is 3.73. The van der Waals surface area contributed by atoms with Crippen molar-refractivity contribution in [3.63, 3.8) is 0 Å². The van der Waals surface area contributed by atoms with Crippen LogP contribution in [0.5, 0.6) is 0 Å². The summed E-state index contributed by atoms with van der Waals surface area (Å²) in [6.07, 6.45) is 7.60. The number of hydrogen-bond acceptors (Lipinski definition) is 3. The van der Waals surface area contributed by atoms with Gasteiger partial charge in [0.1, 0.15) is 0 Å². The highest BCUT2D eigenvalue weighted by Gasteiger charge is 2.18. The first kappa shape index (κ1) is 30.7. The molecule has 0 N–H and O–H groups in total. The molecule has 0 aliphatic rings. The quantitative estimate of drug-likeness (QED) is 0.122. The van der Waals surface area contributed by atoms with Crippen LogP contribution in [0.4, 0.5) is 0 Å². The Balaban J connectivity index is 1.31. The third-order valence-electron chi connectivity index (χ3n) is 9.71. The van der Waals surface area contributed by atoms with Crippen molar-refractivity contribution in [2.75, 3.05) is 7.05 Å². The Bertz CT molecular complexity index is 2830. The molecule has 9 rings (SSSR count). The van der Waals surface area contributed by atoms with E-state index in [1.807, 2.05) is 48.9 Å². The van der Waals surface area contributed by atoms with Gasteiger partial charge in [-0.2, -0.15) is 0 Å². The first-order chi connectivity index (χ1) is 25.2. The summed E-state index contributed by atoms with van der Waals surface area (Å²) in [6, 6.07) is 52.5. The molecule has 0 atom stereocenters. The van der Waals surface area contributed by atoms with Gasteiger partial charge in [-0.1, -0.05) is 104 Å². The monoisotopic (exact) mass is 671 g/mol. The fourth-order valence-electron chi connectivity index (χ4n) is 7.37. The lowest BCUT2D eigenvalue weighted by Crippen LogP contribution is -1.99. The number of aliphatic imine (C=N–C) groups is 1. The van der Waals surface area contributed by atoms with Gasteiger partial charge >= 0.3 is 0 Å². The Morgan fingerprint density at radius 3 is 2.04 bits per heavy atom. The largest absolute Gasteiger partial charge is 0.309 e. The fraction of sp³-hybridized carbons (Fsp3) is 0.0213. The zero-order valence-electron chi connectivity index (χ0n) is 28.1. The fourth-order valence-corrected chi connectivity index (χ4v) is 8.46. The second kappa shape index (κ2) is 12.8. The van der Waals surface area contributed by atoms with Gasteiger partial charge in [0.15, 0.2) is 0 Å². The summed E-state index contributed by atoms with van der Waals surface area (Å²) in [5, 5.41) is 4.98. The summed E-state index contributed by atoms with van der Waals surface area (Å²) in [4.78, 5) is 9.34. The minimum Gasteiger partial charge on any atom is -0.309 e. The summed E-state index contributed by atoms with van der Waals surface area (Å²) < 4.78 is 5.03. The molecule has 51 heavy (non-hydrogen) atoms. The van der Waals surface area contributed by atoms with E-state index in [1.54, 1.807) is 6.08 Å². The molecule has 3 heterocycles. The highest BCUT2D eigenvalue weighted by molar-refractivity contribution is 7.25. The van der Waals surface area contributed by atoms with Gasteiger partial charge in [-0.05, 0) is 89.0 Å². The van der Waals surface area contributed by atoms with Crippen LogP contribution >= 0.6 is 11.3 Å². The highest BCUT2D eigenvalue weighted by atomic mass is 32.1. The average molecular weight is 672 g/mol. The molecule has 0 spiro atoms. The first-order valence-electron chi connectivity index (χ1n) is 17.1. The Hall–Kier alpha value is -6.36. The predicted octanol–water partition coefficient (Wildman–Crippen LogP) is 12.7. The van der Waals surface area contributed by atoms with E-state index in [1.165, 1.54) is 30.9 Å². The van der Waals surface area contributed by atoms with Crippen molar-refractivity contribution >= 4 is 59.0 Å². The predicted molar refractivity (Wildman–Crippen MR) is 220 cm³/mol. The second-order valence-electron chi connectivity index (χ2n) is 12.6. The van der Waals surface area contributed by atoms with E-state index >= 15 is 0 Å². The van der Waals surface area contributed by atoms with Crippen LogP contribution in [-0.4, -0.2) is 22.3 Å². The molecule has 3 nitrogen and oxygen atoms in total. The molecule has 0 aliphatic carbocycles. The van der Waals surface area contributed by atoms with Crippen molar-refractivity contribution in [2.45, 2.75) is 0 Å². The summed E-state index contributed by atoms with van der Waals surface area (Å²) in [5.74, 6) is 0. The van der Waals surface area contributed by atoms with Crippen LogP contribution in [0.15, 0.2) is 182 Å². The van der Waals surface area contributed by atoms with Crippen LogP contribution in [0.1, 0.15) is 5.56 Å². The van der Waals surface area contributed by atoms with Gasteiger partial charge in [0.05, 0.1) is 22.4 Å². The summed E-state index contributed by atoms with van der Waals surface area (Å²) >= 11 is 1.85. The number of allylic oxidation sites excluding steroid dienone is 3. The van der Waals surface area contributed by atoms with Gasteiger partial charge in [0, 0.05) is 61.0 Å². The van der Waals surface area contributed by atoms with E-state index in [0.717, 1.165) is 61.5 Å². The van der Waals surface area contributed by atoms with Crippen LogP contribution in [0.2, 0.25) is 0 Å². The van der Waals surface area contributed by atoms with E-state index in [4.69, 9.17) is 4.98 Å². The number of hydrogen-bond donors (Lipinski definition) is 0. The minimum absolute atomic E-state index is 0.915. The molecule has 3 aromatic heterocycles. The van der Waals surface area contributed by atoms with Gasteiger partial charge in [0.25, 0.3) is 0 Å². The van der Waals surface area contributed by atoms with Gasteiger partial charge in [-0.25, -0.2) is 0 Å². The molecule has 0 amide bonds. The van der Waals surface area contributed by atoms with E-state index in [0.29, 0.717) is 0 Å². The van der Waals surface area contributed by atoms with Crippen molar-refractivity contribution in [3.8, 4) is 39.2 Å². The molecule has 242 valence electrons. The summed E-state index contributed by atoms with van der Waals surface area (Å²) in [6.45, 7) is 3.86. The van der Waals surface area contributed by atoms with Crippen molar-refractivity contribution in [1.29, 1.82) is 0 Å². The maximum Gasteiger partial charge on any atom is 0.0708 e. The number of thiophene rings is 1. The molecule has 0 fully saturated rings. The van der Waals surface area contributed by atoms with Crippen molar-refractivity contribution < 1.29 is 0 Å². The Morgan fingerprint density at radius 2 is 1.29 bits per heavy atom. The molecule has 0 radical (unpaired) electrons. The van der Waals surface area contributed by atoms with Gasteiger partial charge in [-0.15, -0.1) is 11.3 Å². The van der Waals surface area contributed by atoms with Crippen molar-refractivity contribution in [3.05, 3.63) is 182 Å². The molecular weight excluding hydrogens is 639 g/mol. The Morgan fingerprint density at radius 1 is 0.627 bits per heavy atom. The number of rotatable bonds is 7. The van der Waals surface area contributed by atoms with E-state index < -0.39 is 0 Å². The van der Waals surface area contributed by atoms with Crippen LogP contribution in [0.25, 0.3) is 81.2 Å². The lowest BCUT2D eigenvalue weighted by molar-refractivity contribution is 1.19. The van der Waals surface area contributed by atoms with Gasteiger partial charge in [0.2, 0.25) is 0 Å². The molecule has 4 heteroatoms. The number of nitrogens with zero attached hydrogens (tertiary/aromatic N) is 3. The van der Waals surface area contributed by atoms with E-state index in [-0.39, 0.29) is 0 Å². The van der Waals surface area contributed by atoms with E-state index in [9.17, 15) is 0 Å². The molecule has 9 aromatic rings. The molecule has 6 aromatic carbocycles. The Labute approximate surface area is 300 Å². The lowest BCUT2D eigenvalue weighted by atomic mass is 9.94. The molecule has 0 unspecified atom stereocenters. The number of aromatic nitrogens is 2. The minimum atomic E-state index is 0.915. The van der Waals surface area contributed by atoms with Crippen LogP contribution in [-0.2, 0) is 0 Å². The molecule has 0 bridgehead atoms. The topological polar surface area (TPSA) is 30.2 Å². The van der Waals surface area contributed by atoms with Crippen molar-refractivity contribution in [2.24, 2.45) is 4.99 Å². The number of fused-ring (bicyclic) bond motifs is 6. The van der Waals surface area contributed by atoms with Crippen LogP contribution in [0.3, 0.4) is 0 Å². The van der Waals surface area contributed by atoms with E-state index in [2.05, 4.69) is 150 Å². The molecule has 0 aliphatic heterocycles. The van der Waals surface area contributed by atoms with Crippen LogP contribution < -0.4 is 0 Å². The highest BCUT2D eigenvalue weighted by Crippen LogP contribution is 2.41.